The van der Waals surface area contributed by atoms with Gasteiger partial charge in [-0.3, -0.25) is 9.35 Å². The molecule has 0 bridgehead atoms. The first-order valence-electron chi connectivity index (χ1n) is 21.6. The molecule has 0 aromatic rings. The summed E-state index contributed by atoms with van der Waals surface area (Å²) in [6.45, 7) is 4.12. The smallest absolute Gasteiger partial charge is 0.397 e. The molecule has 3 N–H and O–H groups in total. The van der Waals surface area contributed by atoms with Crippen molar-refractivity contribution in [3.8, 4) is 0 Å². The fourth-order valence-corrected chi connectivity index (χ4v) is 6.20. The Kier molecular flexibility index (Phi) is 44.9. The SMILES string of the molecule is CCCCCCCC/C=C\CCCCCCCCCCCC(=O)OCC(O)CO.CCCCCCCC/C=C\CCCCCCCCOS(=O)(=O)O. The van der Waals surface area contributed by atoms with Crippen molar-refractivity contribution in [1.29, 1.82) is 0 Å². The summed E-state index contributed by atoms with van der Waals surface area (Å²) in [7, 11) is -4.25. The van der Waals surface area contributed by atoms with Crippen molar-refractivity contribution in [2.24, 2.45) is 0 Å². The molecule has 0 fully saturated rings. The molecule has 0 saturated heterocycles. The molecular formula is C43H84O8S. The van der Waals surface area contributed by atoms with E-state index in [9.17, 15) is 13.2 Å². The molecule has 0 aliphatic carbocycles. The van der Waals surface area contributed by atoms with Gasteiger partial charge in [-0.15, -0.1) is 0 Å². The maximum absolute atomic E-state index is 11.4. The highest BCUT2D eigenvalue weighted by molar-refractivity contribution is 7.80. The second-order valence-electron chi connectivity index (χ2n) is 14.5. The molecule has 8 nitrogen and oxygen atoms in total. The van der Waals surface area contributed by atoms with E-state index in [1.807, 2.05) is 0 Å². The van der Waals surface area contributed by atoms with Crippen LogP contribution >= 0.6 is 0 Å². The van der Waals surface area contributed by atoms with Gasteiger partial charge >= 0.3 is 16.4 Å². The Morgan fingerprint density at radius 2 is 0.865 bits per heavy atom. The number of hydrogen-bond donors (Lipinski definition) is 3. The number of hydrogen-bond acceptors (Lipinski definition) is 7. The molecule has 0 rings (SSSR count). The van der Waals surface area contributed by atoms with Gasteiger partial charge in [0.05, 0.1) is 13.2 Å². The first kappa shape index (κ1) is 52.8. The lowest BCUT2D eigenvalue weighted by atomic mass is 10.1. The largest absolute Gasteiger partial charge is 0.463 e. The van der Waals surface area contributed by atoms with Gasteiger partial charge in [-0.25, -0.2) is 4.18 Å². The fraction of sp³-hybridized carbons (Fsp3) is 0.884. The maximum Gasteiger partial charge on any atom is 0.397 e. The fourth-order valence-electron chi connectivity index (χ4n) is 5.88. The first-order valence-corrected chi connectivity index (χ1v) is 23.0. The van der Waals surface area contributed by atoms with Gasteiger partial charge < -0.3 is 14.9 Å². The predicted molar refractivity (Wildman–Crippen MR) is 219 cm³/mol. The van der Waals surface area contributed by atoms with Gasteiger partial charge in [0.1, 0.15) is 12.7 Å². The molecule has 0 radical (unpaired) electrons. The third-order valence-corrected chi connectivity index (χ3v) is 9.64. The summed E-state index contributed by atoms with van der Waals surface area (Å²) in [6.07, 6.45) is 47.5. The van der Waals surface area contributed by atoms with Crippen LogP contribution in [-0.2, 0) is 24.1 Å². The molecule has 0 amide bonds. The van der Waals surface area contributed by atoms with E-state index in [1.165, 1.54) is 167 Å². The summed E-state index contributed by atoms with van der Waals surface area (Å²) in [5.41, 5.74) is 0. The monoisotopic (exact) mass is 761 g/mol. The van der Waals surface area contributed by atoms with Crippen molar-refractivity contribution < 1.29 is 36.9 Å². The van der Waals surface area contributed by atoms with Crippen LogP contribution in [0.1, 0.15) is 219 Å². The molecule has 310 valence electrons. The number of aliphatic hydroxyl groups excluding tert-OH is 2. The minimum atomic E-state index is -4.25. The van der Waals surface area contributed by atoms with Crippen molar-refractivity contribution in [3.63, 3.8) is 0 Å². The van der Waals surface area contributed by atoms with Crippen LogP contribution in [0.25, 0.3) is 0 Å². The number of ether oxygens (including phenoxy) is 1. The summed E-state index contributed by atoms with van der Waals surface area (Å²) in [4.78, 5) is 11.4. The number of aliphatic hydroxyl groups is 2. The maximum atomic E-state index is 11.4. The van der Waals surface area contributed by atoms with Crippen molar-refractivity contribution in [1.82, 2.24) is 0 Å². The van der Waals surface area contributed by atoms with E-state index in [1.54, 1.807) is 0 Å². The zero-order chi connectivity index (χ0) is 38.6. The molecule has 0 aromatic carbocycles. The Morgan fingerprint density at radius 3 is 1.21 bits per heavy atom. The average molecular weight is 761 g/mol. The highest BCUT2D eigenvalue weighted by Crippen LogP contribution is 2.13. The quantitative estimate of drug-likeness (QED) is 0.0244. The molecule has 0 aliphatic heterocycles. The Bertz CT molecular complexity index is 874. The molecule has 9 heteroatoms. The molecular weight excluding hydrogens is 677 g/mol. The number of carbonyl (C=O) groups is 1. The van der Waals surface area contributed by atoms with Crippen molar-refractivity contribution in [3.05, 3.63) is 24.3 Å². The van der Waals surface area contributed by atoms with Gasteiger partial charge in [-0.05, 0) is 64.2 Å². The summed E-state index contributed by atoms with van der Waals surface area (Å²) < 4.78 is 38.2. The van der Waals surface area contributed by atoms with Gasteiger partial charge in [0.2, 0.25) is 0 Å². The molecule has 0 heterocycles. The summed E-state index contributed by atoms with van der Waals surface area (Å²) in [5, 5.41) is 17.8. The highest BCUT2D eigenvalue weighted by atomic mass is 32.3. The van der Waals surface area contributed by atoms with Crippen LogP contribution in [0.4, 0.5) is 0 Å². The van der Waals surface area contributed by atoms with Crippen LogP contribution in [0.3, 0.4) is 0 Å². The normalized spacial score (nSPS) is 12.4. The number of carbonyl (C=O) groups excluding carboxylic acids is 1. The van der Waals surface area contributed by atoms with Crippen molar-refractivity contribution in [2.45, 2.75) is 225 Å². The minimum absolute atomic E-state index is 0.0833. The lowest BCUT2D eigenvalue weighted by Crippen LogP contribution is -2.21. The van der Waals surface area contributed by atoms with Gasteiger partial charge in [-0.1, -0.05) is 173 Å². The van der Waals surface area contributed by atoms with Crippen LogP contribution in [-0.4, -0.2) is 55.1 Å². The lowest BCUT2D eigenvalue weighted by Gasteiger charge is -2.08. The van der Waals surface area contributed by atoms with Crippen molar-refractivity contribution >= 4 is 16.4 Å². The van der Waals surface area contributed by atoms with E-state index >= 15 is 0 Å². The third kappa shape index (κ3) is 50.8. The molecule has 0 aromatic heterocycles. The van der Waals surface area contributed by atoms with Crippen LogP contribution in [0.2, 0.25) is 0 Å². The predicted octanol–water partition coefficient (Wildman–Crippen LogP) is 12.3. The van der Waals surface area contributed by atoms with E-state index < -0.39 is 16.5 Å². The summed E-state index contributed by atoms with van der Waals surface area (Å²) >= 11 is 0. The van der Waals surface area contributed by atoms with Crippen LogP contribution < -0.4 is 0 Å². The Morgan fingerprint density at radius 1 is 0.538 bits per heavy atom. The Hall–Kier alpha value is -1.26. The molecule has 1 atom stereocenters. The summed E-state index contributed by atoms with van der Waals surface area (Å²) in [5.74, 6) is -0.279. The van der Waals surface area contributed by atoms with Gasteiger partial charge in [0, 0.05) is 6.42 Å². The number of esters is 1. The van der Waals surface area contributed by atoms with E-state index in [0.29, 0.717) is 12.8 Å². The Labute approximate surface area is 322 Å². The second kappa shape index (κ2) is 44.1. The highest BCUT2D eigenvalue weighted by Gasteiger charge is 2.07. The van der Waals surface area contributed by atoms with E-state index in [4.69, 9.17) is 19.5 Å². The number of allylic oxidation sites excluding steroid dienone is 4. The van der Waals surface area contributed by atoms with Gasteiger partial charge in [0.25, 0.3) is 0 Å². The third-order valence-electron chi connectivity index (χ3n) is 9.18. The van der Waals surface area contributed by atoms with E-state index in [0.717, 1.165) is 25.7 Å². The zero-order valence-electron chi connectivity index (χ0n) is 33.9. The van der Waals surface area contributed by atoms with E-state index in [-0.39, 0.29) is 25.8 Å². The topological polar surface area (TPSA) is 130 Å². The van der Waals surface area contributed by atoms with Gasteiger partial charge in [0.15, 0.2) is 0 Å². The lowest BCUT2D eigenvalue weighted by molar-refractivity contribution is -0.147. The van der Waals surface area contributed by atoms with Gasteiger partial charge in [-0.2, -0.15) is 8.42 Å². The minimum Gasteiger partial charge on any atom is -0.463 e. The van der Waals surface area contributed by atoms with E-state index in [2.05, 4.69) is 42.3 Å². The molecule has 0 spiro atoms. The standard InChI is InChI=1S/C25H48O4.C18H36O4S/c1-2-3-4-5-6-7-8-9-10-11-12-13-14-15-16-17-18-19-20-21-25(28)29-23-24(27)22-26;1-2-3-4-5-6-7-8-9-10-11-12-13-14-15-16-17-18-22-23(19,20)21/h9-10,24,26-27H,2-8,11-23H2,1H3;9-10H,2-8,11-18H2,1H3,(H,19,20,21)/b2*10-9-. The molecule has 52 heavy (non-hydrogen) atoms. The second-order valence-corrected chi connectivity index (χ2v) is 15.5. The van der Waals surface area contributed by atoms with Crippen LogP contribution in [0, 0.1) is 0 Å². The Balaban J connectivity index is 0. The van der Waals surface area contributed by atoms with Crippen LogP contribution in [0.5, 0.6) is 0 Å². The molecule has 1 unspecified atom stereocenters. The zero-order valence-corrected chi connectivity index (χ0v) is 34.7. The average Bonchev–Trinajstić information content (AvgIpc) is 3.12. The molecule has 0 saturated carbocycles. The first-order chi connectivity index (χ1) is 25.3. The van der Waals surface area contributed by atoms with Crippen LogP contribution in [0.15, 0.2) is 24.3 Å². The molecule has 0 aliphatic rings. The number of unbranched alkanes of at least 4 members (excludes halogenated alkanes) is 27. The number of rotatable bonds is 39. The van der Waals surface area contributed by atoms with Crippen molar-refractivity contribution in [2.75, 3.05) is 19.8 Å². The summed E-state index contributed by atoms with van der Waals surface area (Å²) in [6, 6.07) is 0.